The summed E-state index contributed by atoms with van der Waals surface area (Å²) in [4.78, 5) is 33.8. The lowest BCUT2D eigenvalue weighted by atomic mass is 10.3. The fraction of sp³-hybridized carbons (Fsp3) is 0.211. The molecule has 9 heteroatoms. The fourth-order valence-electron chi connectivity index (χ4n) is 2.92. The predicted molar refractivity (Wildman–Crippen MR) is 103 cm³/mol. The Balaban J connectivity index is 1.41. The molecule has 0 saturated carbocycles. The van der Waals surface area contributed by atoms with Gasteiger partial charge in [-0.3, -0.25) is 4.79 Å². The highest BCUT2D eigenvalue weighted by Crippen LogP contribution is 2.15. The first-order chi connectivity index (χ1) is 13.7. The Morgan fingerprint density at radius 3 is 2.14 bits per heavy atom. The molecule has 142 valence electrons. The van der Waals surface area contributed by atoms with Gasteiger partial charge in [0.15, 0.2) is 0 Å². The van der Waals surface area contributed by atoms with Crippen LogP contribution in [0.5, 0.6) is 0 Å². The van der Waals surface area contributed by atoms with Crippen LogP contribution in [0.2, 0.25) is 0 Å². The van der Waals surface area contributed by atoms with E-state index in [2.05, 4.69) is 30.2 Å². The first kappa shape index (κ1) is 17.8. The van der Waals surface area contributed by atoms with Gasteiger partial charge in [-0.2, -0.15) is 0 Å². The number of nitrogens with zero attached hydrogens (tertiary/aromatic N) is 6. The van der Waals surface area contributed by atoms with Crippen molar-refractivity contribution < 1.29 is 9.18 Å². The molecule has 1 aliphatic heterocycles. The third-order valence-corrected chi connectivity index (χ3v) is 4.38. The molecule has 0 spiro atoms. The van der Waals surface area contributed by atoms with Crippen molar-refractivity contribution in [3.63, 3.8) is 0 Å². The lowest BCUT2D eigenvalue weighted by Gasteiger charge is -2.34. The average Bonchev–Trinajstić information content (AvgIpc) is 2.76. The number of aromatic nitrogens is 4. The molecule has 3 aromatic rings. The summed E-state index contributed by atoms with van der Waals surface area (Å²) < 4.78 is 13.0. The van der Waals surface area contributed by atoms with Crippen LogP contribution < -0.4 is 15.1 Å². The zero-order chi connectivity index (χ0) is 19.3. The topological polar surface area (TPSA) is 87.1 Å². The SMILES string of the molecule is O=C(Nc1ccc(F)cc1)c1ccnc(N2CCN(c3ncccn3)CC2)n1. The van der Waals surface area contributed by atoms with Gasteiger partial charge >= 0.3 is 0 Å². The van der Waals surface area contributed by atoms with Crippen molar-refractivity contribution in [3.05, 3.63) is 66.5 Å². The van der Waals surface area contributed by atoms with Gasteiger partial charge in [0.1, 0.15) is 11.5 Å². The molecule has 1 N–H and O–H groups in total. The Kier molecular flexibility index (Phi) is 5.05. The normalized spacial score (nSPS) is 14.0. The molecule has 4 rings (SSSR count). The molecule has 0 bridgehead atoms. The molecule has 1 aromatic carbocycles. The van der Waals surface area contributed by atoms with E-state index in [9.17, 15) is 9.18 Å². The molecular formula is C19H18FN7O. The number of benzene rings is 1. The van der Waals surface area contributed by atoms with E-state index in [0.29, 0.717) is 30.7 Å². The minimum atomic E-state index is -0.369. The second kappa shape index (κ2) is 7.95. The number of nitrogens with one attached hydrogen (secondary N) is 1. The van der Waals surface area contributed by atoms with Crippen molar-refractivity contribution in [2.45, 2.75) is 0 Å². The number of amides is 1. The summed E-state index contributed by atoms with van der Waals surface area (Å²) in [5, 5.41) is 2.70. The number of hydrogen-bond acceptors (Lipinski definition) is 7. The van der Waals surface area contributed by atoms with Gasteiger partial charge in [0.2, 0.25) is 11.9 Å². The average molecular weight is 379 g/mol. The van der Waals surface area contributed by atoms with E-state index in [0.717, 1.165) is 13.1 Å². The molecule has 1 saturated heterocycles. The van der Waals surface area contributed by atoms with Crippen LogP contribution in [0.1, 0.15) is 10.5 Å². The fourth-order valence-corrected chi connectivity index (χ4v) is 2.92. The number of hydrogen-bond donors (Lipinski definition) is 1. The predicted octanol–water partition coefficient (Wildman–Crippen LogP) is 1.98. The number of piperazine rings is 1. The molecule has 8 nitrogen and oxygen atoms in total. The minimum Gasteiger partial charge on any atom is -0.337 e. The van der Waals surface area contributed by atoms with E-state index in [-0.39, 0.29) is 17.4 Å². The maximum atomic E-state index is 13.0. The highest BCUT2D eigenvalue weighted by Gasteiger charge is 2.21. The van der Waals surface area contributed by atoms with Gasteiger partial charge in [0, 0.05) is 50.5 Å². The van der Waals surface area contributed by atoms with E-state index in [1.54, 1.807) is 30.7 Å². The Bertz CT molecular complexity index is 944. The van der Waals surface area contributed by atoms with Crippen LogP contribution in [0, 0.1) is 5.82 Å². The molecule has 28 heavy (non-hydrogen) atoms. The van der Waals surface area contributed by atoms with Gasteiger partial charge in [-0.05, 0) is 36.4 Å². The lowest BCUT2D eigenvalue weighted by Crippen LogP contribution is -2.47. The van der Waals surface area contributed by atoms with Crippen molar-refractivity contribution in [1.29, 1.82) is 0 Å². The highest BCUT2D eigenvalue weighted by molar-refractivity contribution is 6.02. The number of carbonyl (C=O) groups excluding carboxylic acids is 1. The maximum Gasteiger partial charge on any atom is 0.274 e. The third kappa shape index (κ3) is 4.03. The zero-order valence-electron chi connectivity index (χ0n) is 15.0. The smallest absolute Gasteiger partial charge is 0.274 e. The Hall–Kier alpha value is -3.62. The first-order valence-corrected chi connectivity index (χ1v) is 8.86. The van der Waals surface area contributed by atoms with Crippen molar-refractivity contribution in [2.75, 3.05) is 41.3 Å². The van der Waals surface area contributed by atoms with E-state index >= 15 is 0 Å². The molecule has 0 atom stereocenters. The number of halogens is 1. The van der Waals surface area contributed by atoms with Crippen molar-refractivity contribution in [3.8, 4) is 0 Å². The largest absolute Gasteiger partial charge is 0.337 e. The van der Waals surface area contributed by atoms with Gasteiger partial charge < -0.3 is 15.1 Å². The highest BCUT2D eigenvalue weighted by atomic mass is 19.1. The number of rotatable bonds is 4. The van der Waals surface area contributed by atoms with Crippen LogP contribution >= 0.6 is 0 Å². The number of anilines is 3. The van der Waals surface area contributed by atoms with Crippen LogP contribution in [-0.4, -0.2) is 52.0 Å². The Labute approximate surface area is 161 Å². The Morgan fingerprint density at radius 1 is 0.857 bits per heavy atom. The maximum absolute atomic E-state index is 13.0. The standard InChI is InChI=1S/C19H18FN7O/c20-14-2-4-15(5-3-14)24-17(28)16-6-9-23-19(25-16)27-12-10-26(11-13-27)18-21-7-1-8-22-18/h1-9H,10-13H2,(H,24,28). The third-order valence-electron chi connectivity index (χ3n) is 4.38. The van der Waals surface area contributed by atoms with Crippen LogP contribution in [0.25, 0.3) is 0 Å². The molecule has 0 radical (unpaired) electrons. The molecule has 0 unspecified atom stereocenters. The second-order valence-electron chi connectivity index (χ2n) is 6.23. The van der Waals surface area contributed by atoms with Gasteiger partial charge in [0.05, 0.1) is 0 Å². The molecular weight excluding hydrogens is 361 g/mol. The van der Waals surface area contributed by atoms with Crippen LogP contribution in [0.3, 0.4) is 0 Å². The van der Waals surface area contributed by atoms with E-state index in [1.165, 1.54) is 24.3 Å². The van der Waals surface area contributed by atoms with Gasteiger partial charge in [-0.1, -0.05) is 0 Å². The number of carbonyl (C=O) groups is 1. The summed E-state index contributed by atoms with van der Waals surface area (Å²) in [7, 11) is 0. The first-order valence-electron chi connectivity index (χ1n) is 8.86. The quantitative estimate of drug-likeness (QED) is 0.742. The van der Waals surface area contributed by atoms with Crippen LogP contribution in [-0.2, 0) is 0 Å². The molecule has 3 heterocycles. The van der Waals surface area contributed by atoms with E-state index in [1.807, 2.05) is 4.90 Å². The lowest BCUT2D eigenvalue weighted by molar-refractivity contribution is 0.102. The molecule has 1 fully saturated rings. The van der Waals surface area contributed by atoms with Gasteiger partial charge in [-0.15, -0.1) is 0 Å². The second-order valence-corrected chi connectivity index (χ2v) is 6.23. The van der Waals surface area contributed by atoms with E-state index in [4.69, 9.17) is 0 Å². The molecule has 1 aliphatic rings. The van der Waals surface area contributed by atoms with Crippen molar-refractivity contribution in [1.82, 2.24) is 19.9 Å². The summed E-state index contributed by atoms with van der Waals surface area (Å²) in [5.41, 5.74) is 0.756. The summed E-state index contributed by atoms with van der Waals surface area (Å²) in [6.07, 6.45) is 5.01. The monoisotopic (exact) mass is 379 g/mol. The summed E-state index contributed by atoms with van der Waals surface area (Å²) in [5.74, 6) is 0.477. The summed E-state index contributed by atoms with van der Waals surface area (Å²) >= 11 is 0. The van der Waals surface area contributed by atoms with E-state index < -0.39 is 0 Å². The van der Waals surface area contributed by atoms with Gasteiger partial charge in [0.25, 0.3) is 5.91 Å². The van der Waals surface area contributed by atoms with Crippen LogP contribution in [0.15, 0.2) is 55.0 Å². The van der Waals surface area contributed by atoms with Gasteiger partial charge in [-0.25, -0.2) is 24.3 Å². The van der Waals surface area contributed by atoms with Crippen LogP contribution in [0.4, 0.5) is 22.0 Å². The Morgan fingerprint density at radius 2 is 1.46 bits per heavy atom. The zero-order valence-corrected chi connectivity index (χ0v) is 15.0. The summed E-state index contributed by atoms with van der Waals surface area (Å²) in [6, 6.07) is 8.92. The molecule has 0 aliphatic carbocycles. The minimum absolute atomic E-state index is 0.253. The molecule has 2 aromatic heterocycles. The van der Waals surface area contributed by atoms with Crippen molar-refractivity contribution >= 4 is 23.5 Å². The molecule has 1 amide bonds. The summed E-state index contributed by atoms with van der Waals surface area (Å²) in [6.45, 7) is 2.86. The van der Waals surface area contributed by atoms with Crippen molar-refractivity contribution in [2.24, 2.45) is 0 Å².